The molecule has 0 aliphatic rings. The lowest BCUT2D eigenvalue weighted by atomic mass is 9.88. The van der Waals surface area contributed by atoms with Crippen molar-refractivity contribution in [3.63, 3.8) is 0 Å². The molecule has 0 fully saturated rings. The van der Waals surface area contributed by atoms with Crippen LogP contribution in [0.15, 0.2) is 29.6 Å². The van der Waals surface area contributed by atoms with Crippen LogP contribution in [0.25, 0.3) is 5.52 Å². The number of amides is 1. The topological polar surface area (TPSA) is 107 Å². The first-order valence-corrected chi connectivity index (χ1v) is 9.19. The molecule has 0 saturated heterocycles. The predicted octanol–water partition coefficient (Wildman–Crippen LogP) is 0.841. The van der Waals surface area contributed by atoms with Crippen molar-refractivity contribution in [2.75, 3.05) is 12.8 Å². The molecule has 0 radical (unpaired) electrons. The quantitative estimate of drug-likeness (QED) is 0.840. The van der Waals surface area contributed by atoms with Crippen LogP contribution in [-0.2, 0) is 9.84 Å². The second-order valence-electron chi connectivity index (χ2n) is 6.20. The van der Waals surface area contributed by atoms with Gasteiger partial charge >= 0.3 is 0 Å². The molecule has 0 bridgehead atoms. The van der Waals surface area contributed by atoms with E-state index in [1.165, 1.54) is 4.40 Å². The second-order valence-corrected chi connectivity index (χ2v) is 8.11. The van der Waals surface area contributed by atoms with Crippen molar-refractivity contribution in [3.8, 4) is 0 Å². The Morgan fingerprint density at radius 2 is 2.09 bits per heavy atom. The van der Waals surface area contributed by atoms with Gasteiger partial charge in [0.05, 0.1) is 11.1 Å². The first-order valence-electron chi connectivity index (χ1n) is 7.30. The largest absolute Gasteiger partial charge is 0.344 e. The number of fused-ring (bicyclic) bond motifs is 1. The van der Waals surface area contributed by atoms with Crippen molar-refractivity contribution in [1.82, 2.24) is 14.7 Å². The fraction of sp³-hybridized carbons (Fsp3) is 0.467. The summed E-state index contributed by atoms with van der Waals surface area (Å²) >= 11 is 0. The van der Waals surface area contributed by atoms with E-state index in [2.05, 4.69) is 10.3 Å². The molecule has 3 N–H and O–H groups in total. The van der Waals surface area contributed by atoms with E-state index < -0.39 is 21.3 Å². The normalized spacial score (nSPS) is 14.9. The third kappa shape index (κ3) is 3.23. The molecule has 23 heavy (non-hydrogen) atoms. The highest BCUT2D eigenvalue weighted by Crippen LogP contribution is 2.20. The number of nitrogens with one attached hydrogen (secondary N) is 1. The summed E-state index contributed by atoms with van der Waals surface area (Å²) in [5, 5.41) is 2.73. The van der Waals surface area contributed by atoms with Crippen molar-refractivity contribution in [2.45, 2.75) is 31.5 Å². The fourth-order valence-electron chi connectivity index (χ4n) is 2.19. The first-order chi connectivity index (χ1) is 10.6. The summed E-state index contributed by atoms with van der Waals surface area (Å²) in [5.41, 5.74) is 5.69. The molecule has 8 heteroatoms. The van der Waals surface area contributed by atoms with Crippen LogP contribution in [0, 0.1) is 5.92 Å². The van der Waals surface area contributed by atoms with Gasteiger partial charge in [-0.3, -0.25) is 9.20 Å². The molecule has 2 rings (SSSR count). The van der Waals surface area contributed by atoms with E-state index >= 15 is 0 Å². The Hall–Kier alpha value is -1.93. The monoisotopic (exact) mass is 338 g/mol. The number of carbonyl (C=O) groups is 1. The van der Waals surface area contributed by atoms with Crippen LogP contribution in [0.1, 0.15) is 31.3 Å². The van der Waals surface area contributed by atoms with Gasteiger partial charge in [0.2, 0.25) is 15.0 Å². The number of pyridine rings is 1. The van der Waals surface area contributed by atoms with Gasteiger partial charge in [-0.1, -0.05) is 19.9 Å². The van der Waals surface area contributed by atoms with Crippen LogP contribution < -0.4 is 11.1 Å². The lowest BCUT2D eigenvalue weighted by Crippen LogP contribution is -2.55. The van der Waals surface area contributed by atoms with Crippen molar-refractivity contribution >= 4 is 21.3 Å². The Kier molecular flexibility index (Phi) is 4.50. The number of sulfone groups is 1. The molecule has 0 aromatic carbocycles. The zero-order valence-electron chi connectivity index (χ0n) is 13.7. The summed E-state index contributed by atoms with van der Waals surface area (Å²) in [6.45, 7) is 6.03. The highest BCUT2D eigenvalue weighted by molar-refractivity contribution is 7.90. The molecule has 0 aliphatic heterocycles. The summed E-state index contributed by atoms with van der Waals surface area (Å²) in [5.74, 6) is -0.329. The van der Waals surface area contributed by atoms with Gasteiger partial charge < -0.3 is 11.1 Å². The molecule has 0 aliphatic carbocycles. The maximum absolute atomic E-state index is 12.6. The summed E-state index contributed by atoms with van der Waals surface area (Å²) in [7, 11) is -3.56. The van der Waals surface area contributed by atoms with Crippen molar-refractivity contribution in [3.05, 3.63) is 30.1 Å². The first kappa shape index (κ1) is 17.4. The average Bonchev–Trinajstić information content (AvgIpc) is 2.86. The molecule has 2 heterocycles. The molecule has 1 amide bonds. The van der Waals surface area contributed by atoms with E-state index in [9.17, 15) is 13.2 Å². The molecule has 126 valence electrons. The van der Waals surface area contributed by atoms with E-state index in [0.29, 0.717) is 5.52 Å². The van der Waals surface area contributed by atoms with Crippen LogP contribution >= 0.6 is 0 Å². The molecular weight excluding hydrogens is 316 g/mol. The number of aromatic nitrogens is 2. The van der Waals surface area contributed by atoms with Crippen molar-refractivity contribution in [2.24, 2.45) is 11.7 Å². The minimum Gasteiger partial charge on any atom is -0.344 e. The lowest BCUT2D eigenvalue weighted by molar-refractivity contribution is 0.0880. The summed E-state index contributed by atoms with van der Waals surface area (Å²) in [6, 6.07) is 5.07. The van der Waals surface area contributed by atoms with Gasteiger partial charge in [0.1, 0.15) is 0 Å². The van der Waals surface area contributed by atoms with Crippen LogP contribution in [0.5, 0.6) is 0 Å². The Labute approximate surface area is 135 Å². The maximum Gasteiger partial charge on any atom is 0.272 e. The molecule has 1 unspecified atom stereocenters. The van der Waals surface area contributed by atoms with Gasteiger partial charge in [-0.2, -0.15) is 0 Å². The Bertz CT molecular complexity index is 842. The molecule has 1 atom stereocenters. The van der Waals surface area contributed by atoms with Crippen molar-refractivity contribution < 1.29 is 13.2 Å². The maximum atomic E-state index is 12.6. The van der Waals surface area contributed by atoms with Crippen LogP contribution in [0.2, 0.25) is 0 Å². The van der Waals surface area contributed by atoms with Crippen LogP contribution in [-0.4, -0.2) is 42.0 Å². The van der Waals surface area contributed by atoms with E-state index in [1.807, 2.05) is 20.8 Å². The van der Waals surface area contributed by atoms with Gasteiger partial charge in [-0.05, 0) is 25.0 Å². The SMILES string of the molecule is CC(C)C(C)(CN)NC(=O)c1nc(S(C)(=O)=O)n2ccccc12. The summed E-state index contributed by atoms with van der Waals surface area (Å²) < 4.78 is 25.2. The Balaban J connectivity index is 2.54. The van der Waals surface area contributed by atoms with Crippen LogP contribution in [0.4, 0.5) is 0 Å². The smallest absolute Gasteiger partial charge is 0.272 e. The molecule has 2 aromatic rings. The number of carbonyl (C=O) groups excluding carboxylic acids is 1. The second kappa shape index (κ2) is 5.93. The average molecular weight is 338 g/mol. The molecule has 7 nitrogen and oxygen atoms in total. The third-order valence-electron chi connectivity index (χ3n) is 4.16. The highest BCUT2D eigenvalue weighted by Gasteiger charge is 2.31. The molecular formula is C15H22N4O3S. The molecule has 0 spiro atoms. The highest BCUT2D eigenvalue weighted by atomic mass is 32.2. The number of nitrogens with zero attached hydrogens (tertiary/aromatic N) is 2. The van der Waals surface area contributed by atoms with E-state index in [0.717, 1.165) is 6.26 Å². The predicted molar refractivity (Wildman–Crippen MR) is 88.1 cm³/mol. The number of hydrogen-bond acceptors (Lipinski definition) is 5. The molecule has 2 aromatic heterocycles. The van der Waals surface area contributed by atoms with Gasteiger partial charge in [-0.25, -0.2) is 13.4 Å². The lowest BCUT2D eigenvalue weighted by Gasteiger charge is -2.33. The van der Waals surface area contributed by atoms with Crippen LogP contribution in [0.3, 0.4) is 0 Å². The Morgan fingerprint density at radius 1 is 1.43 bits per heavy atom. The van der Waals surface area contributed by atoms with Gasteiger partial charge in [0, 0.05) is 19.0 Å². The number of imidazole rings is 1. The zero-order valence-corrected chi connectivity index (χ0v) is 14.5. The number of nitrogens with two attached hydrogens (primary N) is 1. The number of hydrogen-bond donors (Lipinski definition) is 2. The van der Waals surface area contributed by atoms with E-state index in [1.54, 1.807) is 24.4 Å². The van der Waals surface area contributed by atoms with Gasteiger partial charge in [-0.15, -0.1) is 0 Å². The van der Waals surface area contributed by atoms with Gasteiger partial charge in [0.25, 0.3) is 5.91 Å². The molecule has 0 saturated carbocycles. The standard InChI is InChI=1S/C15H22N4O3S/c1-10(2)15(3,9-16)18-13(20)12-11-7-5-6-8-19(11)14(17-12)23(4,21)22/h5-8,10H,9,16H2,1-4H3,(H,18,20). The van der Waals surface area contributed by atoms with E-state index in [4.69, 9.17) is 5.73 Å². The fourth-order valence-corrected chi connectivity index (χ4v) is 2.96. The zero-order chi connectivity index (χ0) is 17.4. The number of rotatable bonds is 5. The Morgan fingerprint density at radius 3 is 2.61 bits per heavy atom. The summed E-state index contributed by atoms with van der Waals surface area (Å²) in [6.07, 6.45) is 2.63. The van der Waals surface area contributed by atoms with Gasteiger partial charge in [0.15, 0.2) is 5.69 Å². The van der Waals surface area contributed by atoms with E-state index in [-0.39, 0.29) is 23.3 Å². The minimum absolute atomic E-state index is 0.0753. The third-order valence-corrected chi connectivity index (χ3v) is 5.11. The minimum atomic E-state index is -3.56. The summed E-state index contributed by atoms with van der Waals surface area (Å²) in [4.78, 5) is 16.7. The van der Waals surface area contributed by atoms with Crippen molar-refractivity contribution in [1.29, 1.82) is 0 Å².